The minimum atomic E-state index is -0.271. The highest BCUT2D eigenvalue weighted by molar-refractivity contribution is 5.94. The molecule has 1 N–H and O–H groups in total. The summed E-state index contributed by atoms with van der Waals surface area (Å²) in [6.07, 6.45) is 2.78. The summed E-state index contributed by atoms with van der Waals surface area (Å²) in [7, 11) is 0. The van der Waals surface area contributed by atoms with E-state index in [0.717, 1.165) is 22.3 Å². The van der Waals surface area contributed by atoms with Crippen LogP contribution in [0.5, 0.6) is 5.75 Å². The second kappa shape index (κ2) is 6.17. The lowest BCUT2D eigenvalue weighted by Gasteiger charge is -2.13. The predicted molar refractivity (Wildman–Crippen MR) is 95.3 cm³/mol. The van der Waals surface area contributed by atoms with Crippen molar-refractivity contribution in [2.24, 2.45) is 0 Å². The van der Waals surface area contributed by atoms with Crippen LogP contribution in [0.3, 0.4) is 0 Å². The van der Waals surface area contributed by atoms with Gasteiger partial charge in [0.15, 0.2) is 0 Å². The Labute approximate surface area is 144 Å². The standard InChI is InChI=1S/C22H16F2O/c23-21-8-2-6-16-18(21)10-11-19-17(7-3-9-22(19)24)20(16)13-14-4-1-5-15(25)12-14/h1-9,12-13,25H,10-11H2. The SMILES string of the molecule is Oc1cccc(C=C2c3cccc(F)c3CCc3c(F)cccc32)c1. The molecule has 0 saturated heterocycles. The van der Waals surface area contributed by atoms with Crippen molar-refractivity contribution in [1.82, 2.24) is 0 Å². The summed E-state index contributed by atoms with van der Waals surface area (Å²) >= 11 is 0. The number of halogens is 2. The van der Waals surface area contributed by atoms with E-state index in [2.05, 4.69) is 0 Å². The van der Waals surface area contributed by atoms with E-state index in [0.29, 0.717) is 24.0 Å². The molecule has 3 heteroatoms. The molecule has 0 bridgehead atoms. The van der Waals surface area contributed by atoms with E-state index in [9.17, 15) is 13.9 Å². The average Bonchev–Trinajstić information content (AvgIpc) is 2.75. The van der Waals surface area contributed by atoms with E-state index in [-0.39, 0.29) is 17.4 Å². The summed E-state index contributed by atoms with van der Waals surface area (Å²) in [6.45, 7) is 0. The first-order valence-corrected chi connectivity index (χ1v) is 8.20. The fourth-order valence-corrected chi connectivity index (χ4v) is 3.46. The van der Waals surface area contributed by atoms with Crippen LogP contribution in [0.2, 0.25) is 0 Å². The van der Waals surface area contributed by atoms with Crippen LogP contribution in [-0.2, 0) is 12.8 Å². The molecule has 1 nitrogen and oxygen atoms in total. The summed E-state index contributed by atoms with van der Waals surface area (Å²) < 4.78 is 28.8. The third-order valence-electron chi connectivity index (χ3n) is 4.62. The molecular weight excluding hydrogens is 318 g/mol. The lowest BCUT2D eigenvalue weighted by atomic mass is 9.92. The molecular formula is C22H16F2O. The number of phenolic OH excluding ortho intramolecular Hbond substituents is 1. The van der Waals surface area contributed by atoms with Crippen molar-refractivity contribution in [1.29, 1.82) is 0 Å². The molecule has 0 aliphatic heterocycles. The van der Waals surface area contributed by atoms with Crippen molar-refractivity contribution in [2.45, 2.75) is 12.8 Å². The van der Waals surface area contributed by atoms with Crippen LogP contribution in [0.1, 0.15) is 27.8 Å². The number of hydrogen-bond acceptors (Lipinski definition) is 1. The van der Waals surface area contributed by atoms with Crippen molar-refractivity contribution >= 4 is 11.6 Å². The molecule has 25 heavy (non-hydrogen) atoms. The second-order valence-corrected chi connectivity index (χ2v) is 6.18. The minimum Gasteiger partial charge on any atom is -0.508 e. The molecule has 0 atom stereocenters. The largest absolute Gasteiger partial charge is 0.508 e. The van der Waals surface area contributed by atoms with Gasteiger partial charge in [0.25, 0.3) is 0 Å². The minimum absolute atomic E-state index is 0.155. The molecule has 0 amide bonds. The van der Waals surface area contributed by atoms with Crippen LogP contribution in [0.15, 0.2) is 60.7 Å². The van der Waals surface area contributed by atoms with Gasteiger partial charge in [0.05, 0.1) is 0 Å². The van der Waals surface area contributed by atoms with E-state index in [1.54, 1.807) is 30.3 Å². The molecule has 0 spiro atoms. The Morgan fingerprint density at radius 1 is 0.760 bits per heavy atom. The highest BCUT2D eigenvalue weighted by Gasteiger charge is 2.22. The van der Waals surface area contributed by atoms with E-state index < -0.39 is 0 Å². The molecule has 4 rings (SSSR count). The first-order valence-electron chi connectivity index (χ1n) is 8.20. The van der Waals surface area contributed by atoms with Gasteiger partial charge in [0, 0.05) is 0 Å². The molecule has 0 unspecified atom stereocenters. The van der Waals surface area contributed by atoms with E-state index in [1.807, 2.05) is 24.3 Å². The lowest BCUT2D eigenvalue weighted by molar-refractivity contribution is 0.475. The Morgan fingerprint density at radius 3 is 1.88 bits per heavy atom. The van der Waals surface area contributed by atoms with E-state index in [1.165, 1.54) is 12.1 Å². The molecule has 3 aromatic carbocycles. The van der Waals surface area contributed by atoms with Crippen molar-refractivity contribution < 1.29 is 13.9 Å². The highest BCUT2D eigenvalue weighted by atomic mass is 19.1. The number of hydrogen-bond donors (Lipinski definition) is 1. The molecule has 0 radical (unpaired) electrons. The van der Waals surface area contributed by atoms with Gasteiger partial charge in [0.1, 0.15) is 17.4 Å². The summed E-state index contributed by atoms with van der Waals surface area (Å²) in [6, 6.07) is 16.8. The Morgan fingerprint density at radius 2 is 1.32 bits per heavy atom. The molecule has 0 saturated carbocycles. The van der Waals surface area contributed by atoms with Gasteiger partial charge in [-0.15, -0.1) is 0 Å². The zero-order chi connectivity index (χ0) is 17.4. The van der Waals surface area contributed by atoms with Crippen LogP contribution in [0.25, 0.3) is 11.6 Å². The maximum Gasteiger partial charge on any atom is 0.127 e. The van der Waals surface area contributed by atoms with Crippen LogP contribution >= 0.6 is 0 Å². The maximum absolute atomic E-state index is 14.4. The molecule has 1 aliphatic carbocycles. The molecule has 124 valence electrons. The van der Waals surface area contributed by atoms with Gasteiger partial charge in [0.2, 0.25) is 0 Å². The highest BCUT2D eigenvalue weighted by Crippen LogP contribution is 2.37. The maximum atomic E-state index is 14.4. The van der Waals surface area contributed by atoms with E-state index >= 15 is 0 Å². The van der Waals surface area contributed by atoms with Gasteiger partial charge < -0.3 is 5.11 Å². The van der Waals surface area contributed by atoms with Crippen molar-refractivity contribution in [2.75, 3.05) is 0 Å². The van der Waals surface area contributed by atoms with Gasteiger partial charge in [-0.05, 0) is 76.6 Å². The number of phenols is 1. The third-order valence-corrected chi connectivity index (χ3v) is 4.62. The zero-order valence-electron chi connectivity index (χ0n) is 13.5. The number of rotatable bonds is 1. The van der Waals surface area contributed by atoms with E-state index in [4.69, 9.17) is 0 Å². The van der Waals surface area contributed by atoms with Crippen LogP contribution < -0.4 is 0 Å². The lowest BCUT2D eigenvalue weighted by Crippen LogP contribution is -1.96. The fraction of sp³-hybridized carbons (Fsp3) is 0.0909. The van der Waals surface area contributed by atoms with Gasteiger partial charge in [-0.2, -0.15) is 0 Å². The van der Waals surface area contributed by atoms with Gasteiger partial charge >= 0.3 is 0 Å². The Balaban J connectivity index is 2.01. The quantitative estimate of drug-likeness (QED) is 0.635. The summed E-state index contributed by atoms with van der Waals surface area (Å²) in [5, 5.41) is 9.73. The van der Waals surface area contributed by atoms with Crippen molar-refractivity contribution in [3.63, 3.8) is 0 Å². The molecule has 0 fully saturated rings. The van der Waals surface area contributed by atoms with Gasteiger partial charge in [-0.3, -0.25) is 0 Å². The topological polar surface area (TPSA) is 20.2 Å². The normalized spacial score (nSPS) is 13.0. The Bertz CT molecular complexity index is 934. The summed E-state index contributed by atoms with van der Waals surface area (Å²) in [5.74, 6) is -0.387. The first-order chi connectivity index (χ1) is 12.1. The van der Waals surface area contributed by atoms with Crippen LogP contribution in [0, 0.1) is 11.6 Å². The van der Waals surface area contributed by atoms with Crippen LogP contribution in [-0.4, -0.2) is 5.11 Å². The Kier molecular flexibility index (Phi) is 3.85. The van der Waals surface area contributed by atoms with Crippen molar-refractivity contribution in [3.8, 4) is 5.75 Å². The van der Waals surface area contributed by atoms with Crippen LogP contribution in [0.4, 0.5) is 8.78 Å². The first kappa shape index (κ1) is 15.6. The smallest absolute Gasteiger partial charge is 0.127 e. The number of aromatic hydroxyl groups is 1. The number of fused-ring (bicyclic) bond motifs is 2. The molecule has 0 heterocycles. The monoisotopic (exact) mass is 334 g/mol. The zero-order valence-corrected chi connectivity index (χ0v) is 13.5. The second-order valence-electron chi connectivity index (χ2n) is 6.18. The molecule has 0 aromatic heterocycles. The Hall–Kier alpha value is -2.94. The van der Waals surface area contributed by atoms with Gasteiger partial charge in [-0.25, -0.2) is 8.78 Å². The molecule has 1 aliphatic rings. The predicted octanol–water partition coefficient (Wildman–Crippen LogP) is 5.36. The fourth-order valence-electron chi connectivity index (χ4n) is 3.46. The van der Waals surface area contributed by atoms with Gasteiger partial charge in [-0.1, -0.05) is 36.4 Å². The number of benzene rings is 3. The summed E-state index contributed by atoms with van der Waals surface area (Å²) in [4.78, 5) is 0. The third kappa shape index (κ3) is 2.82. The summed E-state index contributed by atoms with van der Waals surface area (Å²) in [5.41, 5.74) is 4.30. The van der Waals surface area contributed by atoms with Crippen molar-refractivity contribution in [3.05, 3.63) is 100 Å². The average molecular weight is 334 g/mol. The molecule has 3 aromatic rings.